The van der Waals surface area contributed by atoms with E-state index in [1.54, 1.807) is 24.3 Å². The predicted octanol–water partition coefficient (Wildman–Crippen LogP) is 2.86. The van der Waals surface area contributed by atoms with E-state index in [0.29, 0.717) is 6.42 Å². The van der Waals surface area contributed by atoms with Crippen LogP contribution in [0, 0.1) is 5.92 Å². The zero-order valence-corrected chi connectivity index (χ0v) is 11.5. The molecule has 2 rings (SSSR count). The van der Waals surface area contributed by atoms with Gasteiger partial charge >= 0.3 is 0 Å². The Morgan fingerprint density at radius 3 is 2.71 bits per heavy atom. The number of carbonyl (C=O) groups excluding carboxylic acids is 1. The number of aliphatic hydroxyl groups excluding tert-OH is 1. The van der Waals surface area contributed by atoms with E-state index < -0.39 is 5.78 Å². The fraction of sp³-hybridized carbons (Fsp3) is 0.188. The number of methoxy groups -OCH3 is 1. The Hall–Kier alpha value is -2.69. The van der Waals surface area contributed by atoms with Crippen LogP contribution >= 0.6 is 0 Å². The molecule has 0 saturated heterocycles. The minimum Gasteiger partial charge on any atom is -0.508 e. The lowest BCUT2D eigenvalue weighted by atomic mass is 9.98. The lowest BCUT2D eigenvalue weighted by molar-refractivity contribution is 0.104. The summed E-state index contributed by atoms with van der Waals surface area (Å²) in [5.41, 5.74) is 0.00438. The molecular formula is C16H16O5. The van der Waals surface area contributed by atoms with Gasteiger partial charge in [0.2, 0.25) is 0 Å². The van der Waals surface area contributed by atoms with Gasteiger partial charge in [0.25, 0.3) is 0 Å². The number of hydrogen-bond acceptors (Lipinski definition) is 5. The molecule has 5 nitrogen and oxygen atoms in total. The Balaban J connectivity index is 2.19. The molecule has 1 aliphatic carbocycles. The standard InChI is InChI=1S/C16H16O5/c1-21-15-9-12(18)8-14(20)16(15)13(19)7-4-10-2-5-11(17)6-3-10/h2,4-10,17-18,20H,3H2,1H3. The summed E-state index contributed by atoms with van der Waals surface area (Å²) in [6.07, 6.45) is 8.66. The van der Waals surface area contributed by atoms with Crippen LogP contribution in [0.2, 0.25) is 0 Å². The predicted molar refractivity (Wildman–Crippen MR) is 77.8 cm³/mol. The molecule has 1 aromatic rings. The number of hydrogen-bond donors (Lipinski definition) is 3. The third-order valence-electron chi connectivity index (χ3n) is 3.14. The second-order valence-electron chi connectivity index (χ2n) is 4.65. The summed E-state index contributed by atoms with van der Waals surface area (Å²) in [7, 11) is 1.35. The zero-order chi connectivity index (χ0) is 15.4. The van der Waals surface area contributed by atoms with E-state index in [-0.39, 0.29) is 34.5 Å². The fourth-order valence-electron chi connectivity index (χ4n) is 2.06. The van der Waals surface area contributed by atoms with Crippen LogP contribution in [-0.2, 0) is 0 Å². The maximum absolute atomic E-state index is 12.2. The third kappa shape index (κ3) is 3.45. The highest BCUT2D eigenvalue weighted by atomic mass is 16.5. The van der Waals surface area contributed by atoms with Crippen LogP contribution in [0.15, 0.2) is 48.3 Å². The van der Waals surface area contributed by atoms with E-state index in [1.165, 1.54) is 19.3 Å². The molecule has 0 spiro atoms. The molecule has 1 aliphatic rings. The van der Waals surface area contributed by atoms with Crippen molar-refractivity contribution >= 4 is 5.78 Å². The number of aliphatic hydroxyl groups is 1. The van der Waals surface area contributed by atoms with Gasteiger partial charge in [0.15, 0.2) is 5.78 Å². The van der Waals surface area contributed by atoms with Gasteiger partial charge < -0.3 is 20.1 Å². The first kappa shape index (κ1) is 14.7. The van der Waals surface area contributed by atoms with Crippen molar-refractivity contribution in [2.45, 2.75) is 6.42 Å². The van der Waals surface area contributed by atoms with Crippen LogP contribution in [0.4, 0.5) is 0 Å². The number of ether oxygens (including phenoxy) is 1. The summed E-state index contributed by atoms with van der Waals surface area (Å²) in [4.78, 5) is 12.2. The summed E-state index contributed by atoms with van der Waals surface area (Å²) in [6, 6.07) is 2.35. The molecule has 0 radical (unpaired) electrons. The monoisotopic (exact) mass is 288 g/mol. The van der Waals surface area contributed by atoms with Gasteiger partial charge in [-0.3, -0.25) is 4.79 Å². The molecule has 3 N–H and O–H groups in total. The molecule has 1 aromatic carbocycles. The molecule has 0 saturated carbocycles. The number of aromatic hydroxyl groups is 2. The summed E-state index contributed by atoms with van der Waals surface area (Å²) >= 11 is 0. The summed E-state index contributed by atoms with van der Waals surface area (Å²) < 4.78 is 5.00. The maximum Gasteiger partial charge on any atom is 0.193 e. The minimum absolute atomic E-state index is 0.00438. The molecule has 0 heterocycles. The van der Waals surface area contributed by atoms with Crippen molar-refractivity contribution < 1.29 is 24.9 Å². The number of phenolic OH excluding ortho intramolecular Hbond substituents is 2. The van der Waals surface area contributed by atoms with Crippen molar-refractivity contribution in [3.05, 3.63) is 53.8 Å². The SMILES string of the molecule is COc1cc(O)cc(O)c1C(=O)C=CC1C=CC(O)=CC1. The first-order chi connectivity index (χ1) is 10.0. The lowest BCUT2D eigenvalue weighted by Gasteiger charge is -2.10. The molecule has 1 unspecified atom stereocenters. The minimum atomic E-state index is -0.420. The second kappa shape index (κ2) is 6.17. The van der Waals surface area contributed by atoms with Crippen molar-refractivity contribution in [3.8, 4) is 17.2 Å². The van der Waals surface area contributed by atoms with Crippen LogP contribution in [0.5, 0.6) is 17.2 Å². The molecule has 0 aliphatic heterocycles. The number of benzene rings is 1. The molecular weight excluding hydrogens is 272 g/mol. The van der Waals surface area contributed by atoms with Crippen molar-refractivity contribution in [3.63, 3.8) is 0 Å². The average molecular weight is 288 g/mol. The highest BCUT2D eigenvalue weighted by molar-refractivity contribution is 6.08. The maximum atomic E-state index is 12.2. The number of carbonyl (C=O) groups is 1. The largest absolute Gasteiger partial charge is 0.508 e. The van der Waals surface area contributed by atoms with Crippen LogP contribution in [0.1, 0.15) is 16.8 Å². The van der Waals surface area contributed by atoms with Gasteiger partial charge in [-0.25, -0.2) is 0 Å². The number of allylic oxidation sites excluding steroid dienone is 5. The molecule has 21 heavy (non-hydrogen) atoms. The molecule has 5 heteroatoms. The van der Waals surface area contributed by atoms with Gasteiger partial charge in [0.05, 0.1) is 7.11 Å². The number of phenols is 2. The van der Waals surface area contributed by atoms with Crippen LogP contribution < -0.4 is 4.74 Å². The quantitative estimate of drug-likeness (QED) is 0.586. The molecule has 0 aromatic heterocycles. The normalized spacial score (nSPS) is 17.8. The van der Waals surface area contributed by atoms with E-state index >= 15 is 0 Å². The van der Waals surface area contributed by atoms with Gasteiger partial charge in [0.1, 0.15) is 28.6 Å². The van der Waals surface area contributed by atoms with Gasteiger partial charge in [-0.05, 0) is 30.6 Å². The van der Waals surface area contributed by atoms with E-state index in [0.717, 1.165) is 6.07 Å². The van der Waals surface area contributed by atoms with E-state index in [4.69, 9.17) is 4.74 Å². The van der Waals surface area contributed by atoms with E-state index in [9.17, 15) is 20.1 Å². The summed E-state index contributed by atoms with van der Waals surface area (Å²) in [5.74, 6) is -0.603. The number of rotatable bonds is 4. The smallest absolute Gasteiger partial charge is 0.193 e. The van der Waals surface area contributed by atoms with Crippen molar-refractivity contribution in [2.75, 3.05) is 7.11 Å². The zero-order valence-electron chi connectivity index (χ0n) is 11.5. The Morgan fingerprint density at radius 2 is 2.10 bits per heavy atom. The Morgan fingerprint density at radius 1 is 1.33 bits per heavy atom. The van der Waals surface area contributed by atoms with E-state index in [1.807, 2.05) is 0 Å². The van der Waals surface area contributed by atoms with Crippen LogP contribution in [0.3, 0.4) is 0 Å². The molecule has 1 atom stereocenters. The molecule has 110 valence electrons. The summed E-state index contributed by atoms with van der Waals surface area (Å²) in [5, 5.41) is 28.4. The topological polar surface area (TPSA) is 87.0 Å². The van der Waals surface area contributed by atoms with Gasteiger partial charge in [-0.1, -0.05) is 12.2 Å². The number of ketones is 1. The Bertz CT molecular complexity index is 640. The second-order valence-corrected chi connectivity index (χ2v) is 4.65. The molecule has 0 fully saturated rings. The van der Waals surface area contributed by atoms with E-state index in [2.05, 4.69) is 0 Å². The Labute approximate surface area is 122 Å². The summed E-state index contributed by atoms with van der Waals surface area (Å²) in [6.45, 7) is 0. The Kier molecular flexibility index (Phi) is 4.33. The average Bonchev–Trinajstić information content (AvgIpc) is 2.45. The van der Waals surface area contributed by atoms with Crippen molar-refractivity contribution in [1.82, 2.24) is 0 Å². The first-order valence-corrected chi connectivity index (χ1v) is 6.41. The van der Waals surface area contributed by atoms with Crippen LogP contribution in [0.25, 0.3) is 0 Å². The van der Waals surface area contributed by atoms with Gasteiger partial charge in [-0.15, -0.1) is 0 Å². The third-order valence-corrected chi connectivity index (χ3v) is 3.14. The first-order valence-electron chi connectivity index (χ1n) is 6.41. The van der Waals surface area contributed by atoms with Crippen molar-refractivity contribution in [1.29, 1.82) is 0 Å². The highest BCUT2D eigenvalue weighted by Gasteiger charge is 2.17. The van der Waals surface area contributed by atoms with Gasteiger partial charge in [-0.2, -0.15) is 0 Å². The molecule has 0 amide bonds. The van der Waals surface area contributed by atoms with Gasteiger partial charge in [0, 0.05) is 12.1 Å². The van der Waals surface area contributed by atoms with Crippen molar-refractivity contribution in [2.24, 2.45) is 5.92 Å². The fourth-order valence-corrected chi connectivity index (χ4v) is 2.06. The van der Waals surface area contributed by atoms with Crippen LogP contribution in [-0.4, -0.2) is 28.2 Å². The molecule has 0 bridgehead atoms. The lowest BCUT2D eigenvalue weighted by Crippen LogP contribution is -2.02. The highest BCUT2D eigenvalue weighted by Crippen LogP contribution is 2.33.